The molecule has 2 aromatic rings. The van der Waals surface area contributed by atoms with E-state index >= 15 is 0 Å². The SMILES string of the molecule is Cc1sc(CNC(=O)[C@H](C)NC(=O)C2CCC2)nc1-c1ccc(Cl)cc1. The number of thiazole rings is 1. The third-order valence-electron chi connectivity index (χ3n) is 4.60. The molecule has 3 rings (SSSR count). The molecule has 0 bridgehead atoms. The molecular formula is C19H22ClN3O2S. The van der Waals surface area contributed by atoms with Crippen molar-refractivity contribution in [1.82, 2.24) is 15.6 Å². The number of amides is 2. The predicted octanol–water partition coefficient (Wildman–Crippen LogP) is 3.69. The van der Waals surface area contributed by atoms with Crippen molar-refractivity contribution in [2.45, 2.75) is 45.7 Å². The molecule has 0 unspecified atom stereocenters. The molecule has 2 amide bonds. The lowest BCUT2D eigenvalue weighted by Crippen LogP contribution is -2.47. The number of nitrogens with one attached hydrogen (secondary N) is 2. The molecular weight excluding hydrogens is 370 g/mol. The van der Waals surface area contributed by atoms with Crippen LogP contribution in [0.1, 0.15) is 36.1 Å². The van der Waals surface area contributed by atoms with Crippen molar-refractivity contribution in [3.05, 3.63) is 39.2 Å². The molecule has 26 heavy (non-hydrogen) atoms. The maximum absolute atomic E-state index is 12.2. The molecule has 1 aromatic heterocycles. The Morgan fingerprint density at radius 1 is 1.31 bits per heavy atom. The molecule has 1 aromatic carbocycles. The van der Waals surface area contributed by atoms with Crippen LogP contribution in [0, 0.1) is 12.8 Å². The van der Waals surface area contributed by atoms with Gasteiger partial charge in [0.05, 0.1) is 12.2 Å². The zero-order chi connectivity index (χ0) is 18.7. The number of carbonyl (C=O) groups is 2. The van der Waals surface area contributed by atoms with E-state index < -0.39 is 6.04 Å². The highest BCUT2D eigenvalue weighted by molar-refractivity contribution is 7.12. The summed E-state index contributed by atoms with van der Waals surface area (Å²) in [5.41, 5.74) is 1.91. The Hall–Kier alpha value is -1.92. The van der Waals surface area contributed by atoms with E-state index in [0.717, 1.165) is 40.4 Å². The molecule has 1 aliphatic carbocycles. The van der Waals surface area contributed by atoms with E-state index in [2.05, 4.69) is 15.6 Å². The second-order valence-corrected chi connectivity index (χ2v) is 8.32. The van der Waals surface area contributed by atoms with Gasteiger partial charge in [0.25, 0.3) is 0 Å². The molecule has 1 heterocycles. The van der Waals surface area contributed by atoms with Gasteiger partial charge in [-0.05, 0) is 38.8 Å². The lowest BCUT2D eigenvalue weighted by Gasteiger charge is -2.25. The first kappa shape index (κ1) is 18.9. The largest absolute Gasteiger partial charge is 0.348 e. The van der Waals surface area contributed by atoms with Gasteiger partial charge in [-0.1, -0.05) is 30.2 Å². The maximum atomic E-state index is 12.2. The van der Waals surface area contributed by atoms with Crippen LogP contribution in [-0.2, 0) is 16.1 Å². The number of benzene rings is 1. The minimum absolute atomic E-state index is 0.0194. The summed E-state index contributed by atoms with van der Waals surface area (Å²) in [5.74, 6) is -0.138. The quantitative estimate of drug-likeness (QED) is 0.788. The molecule has 0 aliphatic heterocycles. The van der Waals surface area contributed by atoms with Gasteiger partial charge >= 0.3 is 0 Å². The first-order valence-corrected chi connectivity index (χ1v) is 9.94. The highest BCUT2D eigenvalue weighted by Crippen LogP contribution is 2.28. The van der Waals surface area contributed by atoms with Crippen molar-refractivity contribution in [2.24, 2.45) is 5.92 Å². The lowest BCUT2D eigenvalue weighted by molar-refractivity contribution is -0.132. The third kappa shape index (κ3) is 4.43. The van der Waals surface area contributed by atoms with Crippen LogP contribution in [0.3, 0.4) is 0 Å². The van der Waals surface area contributed by atoms with Crippen LogP contribution in [0.2, 0.25) is 5.02 Å². The highest BCUT2D eigenvalue weighted by atomic mass is 35.5. The summed E-state index contributed by atoms with van der Waals surface area (Å²) in [5, 5.41) is 7.16. The predicted molar refractivity (Wildman–Crippen MR) is 104 cm³/mol. The highest BCUT2D eigenvalue weighted by Gasteiger charge is 2.27. The molecule has 138 valence electrons. The average Bonchev–Trinajstić information content (AvgIpc) is 2.92. The van der Waals surface area contributed by atoms with Gasteiger partial charge in [-0.3, -0.25) is 9.59 Å². The fraction of sp³-hybridized carbons (Fsp3) is 0.421. The number of carbonyl (C=O) groups excluding carboxylic acids is 2. The Morgan fingerprint density at radius 2 is 2.00 bits per heavy atom. The summed E-state index contributed by atoms with van der Waals surface area (Å²) >= 11 is 7.48. The molecule has 1 fully saturated rings. The first-order valence-electron chi connectivity index (χ1n) is 8.74. The maximum Gasteiger partial charge on any atom is 0.242 e. The van der Waals surface area contributed by atoms with Gasteiger partial charge in [-0.15, -0.1) is 11.3 Å². The standard InChI is InChI=1S/C19H22ClN3O2S/c1-11(22-19(25)14-4-3-5-14)18(24)21-10-16-23-17(12(2)26-16)13-6-8-15(20)9-7-13/h6-9,11,14H,3-5,10H2,1-2H3,(H,21,24)(H,22,25)/t11-/m0/s1. The zero-order valence-corrected chi connectivity index (χ0v) is 16.4. The molecule has 1 atom stereocenters. The fourth-order valence-corrected chi connectivity index (χ4v) is 3.81. The second-order valence-electron chi connectivity index (χ2n) is 6.60. The monoisotopic (exact) mass is 391 g/mol. The summed E-state index contributed by atoms with van der Waals surface area (Å²) in [6.07, 6.45) is 2.94. The third-order valence-corrected chi connectivity index (χ3v) is 5.82. The normalized spacial score (nSPS) is 15.2. The Kier molecular flexibility index (Phi) is 5.94. The molecule has 5 nitrogen and oxygen atoms in total. The molecule has 7 heteroatoms. The zero-order valence-electron chi connectivity index (χ0n) is 14.8. The first-order chi connectivity index (χ1) is 12.4. The molecule has 0 radical (unpaired) electrons. The van der Waals surface area contributed by atoms with E-state index in [4.69, 9.17) is 11.6 Å². The number of halogens is 1. The van der Waals surface area contributed by atoms with Crippen LogP contribution in [0.15, 0.2) is 24.3 Å². The van der Waals surface area contributed by atoms with E-state index in [0.29, 0.717) is 11.6 Å². The van der Waals surface area contributed by atoms with Crippen LogP contribution >= 0.6 is 22.9 Å². The Labute approximate surface area is 162 Å². The Balaban J connectivity index is 1.55. The van der Waals surface area contributed by atoms with Crippen LogP contribution in [0.5, 0.6) is 0 Å². The van der Waals surface area contributed by atoms with Crippen molar-refractivity contribution in [3.8, 4) is 11.3 Å². The van der Waals surface area contributed by atoms with Crippen LogP contribution in [-0.4, -0.2) is 22.8 Å². The lowest BCUT2D eigenvalue weighted by atomic mass is 9.84. The molecule has 1 aliphatic rings. The number of aromatic nitrogens is 1. The Bertz CT molecular complexity index is 800. The van der Waals surface area contributed by atoms with Crippen molar-refractivity contribution in [1.29, 1.82) is 0 Å². The molecule has 0 spiro atoms. The summed E-state index contributed by atoms with van der Waals surface area (Å²) in [4.78, 5) is 29.9. The fourth-order valence-electron chi connectivity index (χ4n) is 2.79. The minimum atomic E-state index is -0.542. The van der Waals surface area contributed by atoms with Gasteiger partial charge in [-0.2, -0.15) is 0 Å². The molecule has 0 saturated heterocycles. The average molecular weight is 392 g/mol. The number of hydrogen-bond acceptors (Lipinski definition) is 4. The Morgan fingerprint density at radius 3 is 2.62 bits per heavy atom. The van der Waals surface area contributed by atoms with Gasteiger partial charge in [-0.25, -0.2) is 4.98 Å². The second kappa shape index (κ2) is 8.18. The van der Waals surface area contributed by atoms with Crippen molar-refractivity contribution in [2.75, 3.05) is 0 Å². The van der Waals surface area contributed by atoms with E-state index in [1.807, 2.05) is 31.2 Å². The molecule has 1 saturated carbocycles. The van der Waals surface area contributed by atoms with Crippen molar-refractivity contribution < 1.29 is 9.59 Å². The van der Waals surface area contributed by atoms with Crippen molar-refractivity contribution >= 4 is 34.8 Å². The minimum Gasteiger partial charge on any atom is -0.348 e. The topological polar surface area (TPSA) is 71.1 Å². The number of aryl methyl sites for hydroxylation is 1. The number of nitrogens with zero attached hydrogens (tertiary/aromatic N) is 1. The van der Waals surface area contributed by atoms with Crippen molar-refractivity contribution in [3.63, 3.8) is 0 Å². The van der Waals surface area contributed by atoms with Crippen LogP contribution in [0.4, 0.5) is 0 Å². The van der Waals surface area contributed by atoms with Gasteiger partial charge in [0, 0.05) is 21.4 Å². The number of hydrogen-bond donors (Lipinski definition) is 2. The van der Waals surface area contributed by atoms with Gasteiger partial charge in [0.1, 0.15) is 11.0 Å². The van der Waals surface area contributed by atoms with E-state index in [1.54, 1.807) is 18.3 Å². The van der Waals surface area contributed by atoms with E-state index in [1.165, 1.54) is 0 Å². The van der Waals surface area contributed by atoms with Gasteiger partial charge < -0.3 is 10.6 Å². The smallest absolute Gasteiger partial charge is 0.242 e. The summed E-state index contributed by atoms with van der Waals surface area (Å²) in [7, 11) is 0. The summed E-state index contributed by atoms with van der Waals surface area (Å²) in [6, 6.07) is 7.00. The molecule has 2 N–H and O–H groups in total. The summed E-state index contributed by atoms with van der Waals surface area (Å²) in [6.45, 7) is 4.06. The summed E-state index contributed by atoms with van der Waals surface area (Å²) < 4.78 is 0. The van der Waals surface area contributed by atoms with Crippen LogP contribution < -0.4 is 10.6 Å². The number of rotatable bonds is 6. The van der Waals surface area contributed by atoms with Gasteiger partial charge in [0.15, 0.2) is 0 Å². The van der Waals surface area contributed by atoms with E-state index in [9.17, 15) is 9.59 Å². The van der Waals surface area contributed by atoms with E-state index in [-0.39, 0.29) is 17.7 Å². The van der Waals surface area contributed by atoms with Gasteiger partial charge in [0.2, 0.25) is 11.8 Å². The van der Waals surface area contributed by atoms with Crippen LogP contribution in [0.25, 0.3) is 11.3 Å².